The first-order valence-corrected chi connectivity index (χ1v) is 4.37. The molecule has 12 heavy (non-hydrogen) atoms. The van der Waals surface area contributed by atoms with E-state index in [-0.39, 0.29) is 5.82 Å². The zero-order valence-electron chi connectivity index (χ0n) is 6.20. The van der Waals surface area contributed by atoms with Crippen LogP contribution in [0, 0.1) is 5.82 Å². The van der Waals surface area contributed by atoms with Crippen LogP contribution in [0.25, 0.3) is 11.3 Å². The summed E-state index contributed by atoms with van der Waals surface area (Å²) in [6, 6.07) is 9.33. The predicted octanol–water partition coefficient (Wildman–Crippen LogP) is 2.95. The quantitative estimate of drug-likeness (QED) is 0.655. The third-order valence-electron chi connectivity index (χ3n) is 1.57. The van der Waals surface area contributed by atoms with Crippen molar-refractivity contribution in [1.29, 1.82) is 0 Å². The molecule has 0 atom stereocenters. The molecule has 0 bridgehead atoms. The first-order chi connectivity index (χ1) is 5.88. The summed E-state index contributed by atoms with van der Waals surface area (Å²) in [5.41, 5.74) is 1.27. The second-order valence-electron chi connectivity index (χ2n) is 2.38. The fourth-order valence-corrected chi connectivity index (χ4v) is 1.57. The van der Waals surface area contributed by atoms with E-state index < -0.39 is 0 Å². The standard InChI is InChI=1S/C9H6FNS/c10-8-6-12-11-9(8)7-4-2-1-3-5-7/h1-6H. The first kappa shape index (κ1) is 7.43. The van der Waals surface area contributed by atoms with Crippen LogP contribution in [-0.2, 0) is 0 Å². The van der Waals surface area contributed by atoms with Gasteiger partial charge in [0.2, 0.25) is 0 Å². The Morgan fingerprint density at radius 2 is 1.92 bits per heavy atom. The van der Waals surface area contributed by atoms with E-state index in [9.17, 15) is 4.39 Å². The first-order valence-electron chi connectivity index (χ1n) is 3.53. The van der Waals surface area contributed by atoms with E-state index in [1.165, 1.54) is 5.38 Å². The number of benzene rings is 1. The van der Waals surface area contributed by atoms with E-state index >= 15 is 0 Å². The van der Waals surface area contributed by atoms with Gasteiger partial charge in [0.25, 0.3) is 0 Å². The number of halogens is 1. The van der Waals surface area contributed by atoms with E-state index in [1.54, 1.807) is 0 Å². The van der Waals surface area contributed by atoms with Crippen LogP contribution in [0.2, 0.25) is 0 Å². The molecule has 0 spiro atoms. The second kappa shape index (κ2) is 3.03. The normalized spacial score (nSPS) is 10.1. The van der Waals surface area contributed by atoms with Crippen LogP contribution in [0.5, 0.6) is 0 Å². The lowest BCUT2D eigenvalue weighted by Crippen LogP contribution is -1.78. The van der Waals surface area contributed by atoms with Crippen LogP contribution < -0.4 is 0 Å². The molecule has 0 aliphatic rings. The molecule has 2 rings (SSSR count). The minimum Gasteiger partial charge on any atom is -0.204 e. The Hall–Kier alpha value is -1.22. The molecular formula is C9H6FNS. The zero-order valence-corrected chi connectivity index (χ0v) is 7.01. The topological polar surface area (TPSA) is 12.9 Å². The average Bonchev–Trinajstić information content (AvgIpc) is 2.53. The van der Waals surface area contributed by atoms with Gasteiger partial charge in [0.1, 0.15) is 5.69 Å². The third-order valence-corrected chi connectivity index (χ3v) is 2.17. The van der Waals surface area contributed by atoms with E-state index in [1.807, 2.05) is 30.3 Å². The highest BCUT2D eigenvalue weighted by Crippen LogP contribution is 2.21. The van der Waals surface area contributed by atoms with Crippen molar-refractivity contribution in [3.05, 3.63) is 41.5 Å². The molecule has 0 saturated carbocycles. The number of nitrogens with zero attached hydrogens (tertiary/aromatic N) is 1. The number of hydrogen-bond donors (Lipinski definition) is 0. The molecule has 3 heteroatoms. The average molecular weight is 179 g/mol. The smallest absolute Gasteiger partial charge is 0.161 e. The Balaban J connectivity index is 2.51. The maximum Gasteiger partial charge on any atom is 0.161 e. The van der Waals surface area contributed by atoms with Crippen LogP contribution in [0.1, 0.15) is 0 Å². The SMILES string of the molecule is Fc1csnc1-c1ccccc1. The summed E-state index contributed by atoms with van der Waals surface area (Å²) in [6.45, 7) is 0. The summed E-state index contributed by atoms with van der Waals surface area (Å²) in [4.78, 5) is 0. The molecule has 0 radical (unpaired) electrons. The van der Waals surface area contributed by atoms with Gasteiger partial charge in [-0.25, -0.2) is 4.39 Å². The van der Waals surface area contributed by atoms with Crippen molar-refractivity contribution in [1.82, 2.24) is 4.37 Å². The summed E-state index contributed by atoms with van der Waals surface area (Å²) in [7, 11) is 0. The Morgan fingerprint density at radius 3 is 2.50 bits per heavy atom. The van der Waals surface area contributed by atoms with Gasteiger partial charge in [-0.05, 0) is 11.5 Å². The van der Waals surface area contributed by atoms with Crippen LogP contribution in [0.3, 0.4) is 0 Å². The fourth-order valence-electron chi connectivity index (χ4n) is 1.01. The molecule has 0 unspecified atom stereocenters. The van der Waals surface area contributed by atoms with Gasteiger partial charge in [0, 0.05) is 10.9 Å². The minimum absolute atomic E-state index is 0.244. The summed E-state index contributed by atoms with van der Waals surface area (Å²) in [5, 5.41) is 1.41. The minimum atomic E-state index is -0.244. The van der Waals surface area contributed by atoms with Crippen molar-refractivity contribution in [2.75, 3.05) is 0 Å². The van der Waals surface area contributed by atoms with Crippen molar-refractivity contribution >= 4 is 11.5 Å². The zero-order chi connectivity index (χ0) is 8.39. The Morgan fingerprint density at radius 1 is 1.17 bits per heavy atom. The Kier molecular flexibility index (Phi) is 1.87. The van der Waals surface area contributed by atoms with E-state index in [0.29, 0.717) is 5.69 Å². The Bertz CT molecular complexity index is 369. The molecule has 0 aliphatic carbocycles. The summed E-state index contributed by atoms with van der Waals surface area (Å²) in [5.74, 6) is -0.244. The highest BCUT2D eigenvalue weighted by Gasteiger charge is 2.05. The van der Waals surface area contributed by atoms with Crippen LogP contribution >= 0.6 is 11.5 Å². The fraction of sp³-hybridized carbons (Fsp3) is 0. The molecular weight excluding hydrogens is 173 g/mol. The lowest BCUT2D eigenvalue weighted by molar-refractivity contribution is 0.634. The van der Waals surface area contributed by atoms with Gasteiger partial charge in [-0.15, -0.1) is 0 Å². The van der Waals surface area contributed by atoms with Crippen LogP contribution in [0.4, 0.5) is 4.39 Å². The van der Waals surface area contributed by atoms with Crippen molar-refractivity contribution in [2.45, 2.75) is 0 Å². The lowest BCUT2D eigenvalue weighted by atomic mass is 10.1. The van der Waals surface area contributed by atoms with Crippen molar-refractivity contribution in [2.24, 2.45) is 0 Å². The molecule has 2 aromatic rings. The van der Waals surface area contributed by atoms with Crippen LogP contribution in [-0.4, -0.2) is 4.37 Å². The molecule has 0 aliphatic heterocycles. The largest absolute Gasteiger partial charge is 0.204 e. The van der Waals surface area contributed by atoms with Gasteiger partial charge in [-0.2, -0.15) is 4.37 Å². The van der Waals surface area contributed by atoms with E-state index in [0.717, 1.165) is 17.1 Å². The molecule has 0 N–H and O–H groups in total. The van der Waals surface area contributed by atoms with Gasteiger partial charge in [0.05, 0.1) is 0 Å². The molecule has 0 amide bonds. The van der Waals surface area contributed by atoms with Gasteiger partial charge < -0.3 is 0 Å². The highest BCUT2D eigenvalue weighted by atomic mass is 32.1. The van der Waals surface area contributed by atoms with Crippen molar-refractivity contribution in [3.8, 4) is 11.3 Å². The summed E-state index contributed by atoms with van der Waals surface area (Å²) in [6.07, 6.45) is 0. The molecule has 1 aromatic carbocycles. The summed E-state index contributed by atoms with van der Waals surface area (Å²) >= 11 is 1.14. The van der Waals surface area contributed by atoms with Crippen molar-refractivity contribution < 1.29 is 4.39 Å². The highest BCUT2D eigenvalue weighted by molar-refractivity contribution is 7.03. The lowest BCUT2D eigenvalue weighted by Gasteiger charge is -1.93. The second-order valence-corrected chi connectivity index (χ2v) is 3.01. The molecule has 60 valence electrons. The van der Waals surface area contributed by atoms with Gasteiger partial charge in [-0.3, -0.25) is 0 Å². The molecule has 0 fully saturated rings. The number of hydrogen-bond acceptors (Lipinski definition) is 2. The van der Waals surface area contributed by atoms with Crippen LogP contribution in [0.15, 0.2) is 35.7 Å². The van der Waals surface area contributed by atoms with Gasteiger partial charge >= 0.3 is 0 Å². The maximum absolute atomic E-state index is 13.0. The number of rotatable bonds is 1. The summed E-state index contributed by atoms with van der Waals surface area (Å²) < 4.78 is 16.9. The van der Waals surface area contributed by atoms with Gasteiger partial charge in [0.15, 0.2) is 5.82 Å². The molecule has 1 aromatic heterocycles. The molecule has 1 nitrogen and oxygen atoms in total. The molecule has 0 saturated heterocycles. The van der Waals surface area contributed by atoms with E-state index in [4.69, 9.17) is 0 Å². The monoisotopic (exact) mass is 179 g/mol. The third kappa shape index (κ3) is 1.23. The Labute approximate surface area is 73.7 Å². The number of aromatic nitrogens is 1. The predicted molar refractivity (Wildman–Crippen MR) is 47.5 cm³/mol. The van der Waals surface area contributed by atoms with E-state index in [2.05, 4.69) is 4.37 Å². The molecule has 1 heterocycles. The van der Waals surface area contributed by atoms with Gasteiger partial charge in [-0.1, -0.05) is 30.3 Å². The van der Waals surface area contributed by atoms with Crippen molar-refractivity contribution in [3.63, 3.8) is 0 Å². The maximum atomic E-state index is 13.0.